The molecule has 0 unspecified atom stereocenters. The van der Waals surface area contributed by atoms with E-state index in [-0.39, 0.29) is 0 Å². The van der Waals surface area contributed by atoms with Crippen LogP contribution in [0.15, 0.2) is 42.5 Å². The largest absolute Gasteiger partial charge is 0.495 e. The molecule has 3 nitrogen and oxygen atoms in total. The van der Waals surface area contributed by atoms with Gasteiger partial charge in [0.05, 0.1) is 12.8 Å². The number of aryl methyl sites for hydroxylation is 1. The van der Waals surface area contributed by atoms with Crippen LogP contribution in [0.25, 0.3) is 0 Å². The fourth-order valence-corrected chi connectivity index (χ4v) is 2.09. The van der Waals surface area contributed by atoms with Gasteiger partial charge in [0.1, 0.15) is 5.75 Å². The van der Waals surface area contributed by atoms with Gasteiger partial charge in [-0.25, -0.2) is 0 Å². The number of rotatable bonds is 6. The summed E-state index contributed by atoms with van der Waals surface area (Å²) < 4.78 is 5.22. The zero-order chi connectivity index (χ0) is 14.4. The molecule has 0 saturated heterocycles. The zero-order valence-corrected chi connectivity index (χ0v) is 12.1. The van der Waals surface area contributed by atoms with Gasteiger partial charge in [-0.1, -0.05) is 25.5 Å². The Labute approximate surface area is 120 Å². The van der Waals surface area contributed by atoms with Crippen molar-refractivity contribution in [1.82, 2.24) is 0 Å². The van der Waals surface area contributed by atoms with Gasteiger partial charge in [0.15, 0.2) is 0 Å². The van der Waals surface area contributed by atoms with Crippen molar-refractivity contribution in [3.8, 4) is 5.75 Å². The minimum Gasteiger partial charge on any atom is -0.495 e. The molecular weight excluding hydrogens is 248 g/mol. The minimum atomic E-state index is 0.646. The summed E-state index contributed by atoms with van der Waals surface area (Å²) in [5.41, 5.74) is 9.87. The monoisotopic (exact) mass is 270 g/mol. The van der Waals surface area contributed by atoms with Crippen molar-refractivity contribution in [2.45, 2.75) is 26.2 Å². The van der Waals surface area contributed by atoms with Gasteiger partial charge in [-0.15, -0.1) is 0 Å². The highest BCUT2D eigenvalue weighted by molar-refractivity contribution is 5.66. The second kappa shape index (κ2) is 6.85. The third-order valence-electron chi connectivity index (χ3n) is 3.30. The molecule has 0 aliphatic heterocycles. The van der Waals surface area contributed by atoms with Crippen molar-refractivity contribution in [3.63, 3.8) is 0 Å². The lowest BCUT2D eigenvalue weighted by atomic mass is 10.1. The maximum Gasteiger partial charge on any atom is 0.143 e. The second-order valence-corrected chi connectivity index (χ2v) is 4.88. The first-order chi connectivity index (χ1) is 9.72. The van der Waals surface area contributed by atoms with Gasteiger partial charge in [0.2, 0.25) is 0 Å². The van der Waals surface area contributed by atoms with Crippen molar-refractivity contribution in [2.24, 2.45) is 0 Å². The van der Waals surface area contributed by atoms with Gasteiger partial charge in [0.25, 0.3) is 0 Å². The Balaban J connectivity index is 2.06. The molecular formula is C17H22N2O. The van der Waals surface area contributed by atoms with Gasteiger partial charge in [-0.05, 0) is 42.7 Å². The van der Waals surface area contributed by atoms with E-state index < -0.39 is 0 Å². The van der Waals surface area contributed by atoms with Gasteiger partial charge in [0, 0.05) is 17.4 Å². The zero-order valence-electron chi connectivity index (χ0n) is 12.1. The lowest BCUT2D eigenvalue weighted by Crippen LogP contribution is -1.95. The fraction of sp³-hybridized carbons (Fsp3) is 0.294. The lowest BCUT2D eigenvalue weighted by molar-refractivity contribution is 0.417. The topological polar surface area (TPSA) is 47.3 Å². The van der Waals surface area contributed by atoms with Crippen LogP contribution in [0.4, 0.5) is 17.1 Å². The molecule has 0 fully saturated rings. The molecule has 0 aromatic heterocycles. The van der Waals surface area contributed by atoms with Crippen LogP contribution in [0.5, 0.6) is 5.75 Å². The summed E-state index contributed by atoms with van der Waals surface area (Å²) in [5, 5.41) is 3.35. The number of hydrogen-bond acceptors (Lipinski definition) is 3. The van der Waals surface area contributed by atoms with E-state index in [2.05, 4.69) is 36.5 Å². The van der Waals surface area contributed by atoms with Crippen LogP contribution < -0.4 is 15.8 Å². The number of benzene rings is 2. The van der Waals surface area contributed by atoms with Gasteiger partial charge in [-0.3, -0.25) is 0 Å². The molecule has 0 aliphatic carbocycles. The Kier molecular flexibility index (Phi) is 4.88. The molecule has 2 aromatic rings. The van der Waals surface area contributed by atoms with Crippen molar-refractivity contribution in [2.75, 3.05) is 18.2 Å². The molecule has 106 valence electrons. The van der Waals surface area contributed by atoms with E-state index in [0.717, 1.165) is 17.8 Å². The first-order valence-electron chi connectivity index (χ1n) is 7.02. The molecule has 0 saturated carbocycles. The average molecular weight is 270 g/mol. The molecule has 0 radical (unpaired) electrons. The number of ether oxygens (including phenoxy) is 1. The Bertz CT molecular complexity index is 549. The quantitative estimate of drug-likeness (QED) is 0.766. The minimum absolute atomic E-state index is 0.646. The summed E-state index contributed by atoms with van der Waals surface area (Å²) in [6.45, 7) is 2.21. The number of unbranched alkanes of at least 4 members (excludes halogenated alkanes) is 1. The Morgan fingerprint density at radius 1 is 1.05 bits per heavy atom. The lowest BCUT2D eigenvalue weighted by Gasteiger charge is -2.10. The molecule has 0 bridgehead atoms. The van der Waals surface area contributed by atoms with Crippen molar-refractivity contribution < 1.29 is 4.74 Å². The molecule has 2 rings (SSSR count). The maximum atomic E-state index is 5.81. The number of anilines is 3. The van der Waals surface area contributed by atoms with E-state index in [1.165, 1.54) is 18.4 Å². The van der Waals surface area contributed by atoms with Crippen LogP contribution in [0, 0.1) is 0 Å². The number of nitrogens with two attached hydrogens (primary N) is 1. The van der Waals surface area contributed by atoms with Gasteiger partial charge < -0.3 is 15.8 Å². The van der Waals surface area contributed by atoms with Crippen LogP contribution >= 0.6 is 0 Å². The number of hydrogen-bond donors (Lipinski definition) is 2. The first kappa shape index (κ1) is 14.3. The normalized spacial score (nSPS) is 10.3. The number of methoxy groups -OCH3 is 1. The Hall–Kier alpha value is -2.16. The van der Waals surface area contributed by atoms with E-state index >= 15 is 0 Å². The van der Waals surface area contributed by atoms with E-state index in [9.17, 15) is 0 Å². The summed E-state index contributed by atoms with van der Waals surface area (Å²) in [6, 6.07) is 14.3. The summed E-state index contributed by atoms with van der Waals surface area (Å²) in [4.78, 5) is 0. The number of nitrogen functional groups attached to an aromatic ring is 1. The molecule has 3 heteroatoms. The van der Waals surface area contributed by atoms with Crippen molar-refractivity contribution in [3.05, 3.63) is 48.0 Å². The predicted octanol–water partition coefficient (Wildman–Crippen LogP) is 4.36. The highest BCUT2D eigenvalue weighted by Crippen LogP contribution is 2.27. The third-order valence-corrected chi connectivity index (χ3v) is 3.30. The van der Waals surface area contributed by atoms with Crippen LogP contribution in [0.3, 0.4) is 0 Å². The molecule has 2 aromatic carbocycles. The molecule has 0 amide bonds. The average Bonchev–Trinajstić information content (AvgIpc) is 2.48. The summed E-state index contributed by atoms with van der Waals surface area (Å²) in [5.74, 6) is 0.689. The molecule has 0 atom stereocenters. The molecule has 0 heterocycles. The Morgan fingerprint density at radius 3 is 2.40 bits per heavy atom. The van der Waals surface area contributed by atoms with Crippen LogP contribution in [-0.2, 0) is 6.42 Å². The summed E-state index contributed by atoms with van der Waals surface area (Å²) >= 11 is 0. The fourth-order valence-electron chi connectivity index (χ4n) is 2.09. The second-order valence-electron chi connectivity index (χ2n) is 4.88. The molecule has 20 heavy (non-hydrogen) atoms. The summed E-state index contributed by atoms with van der Waals surface area (Å²) in [7, 11) is 1.62. The van der Waals surface area contributed by atoms with Crippen molar-refractivity contribution in [1.29, 1.82) is 0 Å². The van der Waals surface area contributed by atoms with Crippen molar-refractivity contribution >= 4 is 17.1 Å². The SMILES string of the molecule is CCCCc1ccc(Nc2ccc(N)c(OC)c2)cc1. The van der Waals surface area contributed by atoms with E-state index in [0.29, 0.717) is 11.4 Å². The Morgan fingerprint density at radius 2 is 1.75 bits per heavy atom. The maximum absolute atomic E-state index is 5.81. The summed E-state index contributed by atoms with van der Waals surface area (Å²) in [6.07, 6.45) is 3.61. The standard InChI is InChI=1S/C17H22N2O/c1-3-4-5-13-6-8-14(9-7-13)19-15-10-11-16(18)17(12-15)20-2/h6-12,19H,3-5,18H2,1-2H3. The van der Waals surface area contributed by atoms with Crippen LogP contribution in [-0.4, -0.2) is 7.11 Å². The van der Waals surface area contributed by atoms with Gasteiger partial charge in [-0.2, -0.15) is 0 Å². The smallest absolute Gasteiger partial charge is 0.143 e. The molecule has 0 spiro atoms. The first-order valence-corrected chi connectivity index (χ1v) is 7.02. The molecule has 0 aliphatic rings. The van der Waals surface area contributed by atoms with Crippen LogP contribution in [0.2, 0.25) is 0 Å². The van der Waals surface area contributed by atoms with Gasteiger partial charge >= 0.3 is 0 Å². The van der Waals surface area contributed by atoms with E-state index in [4.69, 9.17) is 10.5 Å². The molecule has 3 N–H and O–H groups in total. The number of nitrogens with one attached hydrogen (secondary N) is 1. The van der Waals surface area contributed by atoms with E-state index in [1.54, 1.807) is 7.11 Å². The van der Waals surface area contributed by atoms with Crippen LogP contribution in [0.1, 0.15) is 25.3 Å². The highest BCUT2D eigenvalue weighted by atomic mass is 16.5. The highest BCUT2D eigenvalue weighted by Gasteiger charge is 2.01. The third kappa shape index (κ3) is 3.67. The van der Waals surface area contributed by atoms with E-state index in [1.807, 2.05) is 18.2 Å². The predicted molar refractivity (Wildman–Crippen MR) is 85.7 cm³/mol.